The molecule has 0 aliphatic carbocycles. The van der Waals surface area contributed by atoms with Crippen molar-refractivity contribution in [2.75, 3.05) is 19.6 Å². The molecule has 18 heavy (non-hydrogen) atoms. The van der Waals surface area contributed by atoms with Gasteiger partial charge in [0.2, 0.25) is 0 Å². The van der Waals surface area contributed by atoms with Gasteiger partial charge in [0.1, 0.15) is 0 Å². The second kappa shape index (κ2) is 6.55. The first kappa shape index (κ1) is 15.5. The predicted octanol–water partition coefficient (Wildman–Crippen LogP) is 2.61. The minimum atomic E-state index is 0. The number of amides is 1. The topological polar surface area (TPSA) is 32.3 Å². The molecule has 1 aliphatic rings. The molecule has 1 aromatic rings. The molecule has 5 heteroatoms. The average molecular weight is 334 g/mol. The zero-order valence-electron chi connectivity index (χ0n) is 10.6. The van der Waals surface area contributed by atoms with Crippen LogP contribution in [0.5, 0.6) is 0 Å². The van der Waals surface area contributed by atoms with Crippen LogP contribution in [-0.2, 0) is 0 Å². The second-order valence-corrected chi connectivity index (χ2v) is 5.54. The van der Waals surface area contributed by atoms with Crippen LogP contribution in [0.2, 0.25) is 0 Å². The summed E-state index contributed by atoms with van der Waals surface area (Å²) in [6.07, 6.45) is 0. The quantitative estimate of drug-likeness (QED) is 0.857. The number of rotatable bonds is 1. The van der Waals surface area contributed by atoms with Crippen molar-refractivity contribution < 1.29 is 4.79 Å². The van der Waals surface area contributed by atoms with Gasteiger partial charge in [-0.2, -0.15) is 0 Å². The number of nitrogens with one attached hydrogen (secondary N) is 1. The molecule has 100 valence electrons. The van der Waals surface area contributed by atoms with Crippen molar-refractivity contribution in [3.63, 3.8) is 0 Å². The summed E-state index contributed by atoms with van der Waals surface area (Å²) in [6, 6.07) is 6.22. The van der Waals surface area contributed by atoms with E-state index in [1.165, 1.54) is 0 Å². The monoisotopic (exact) mass is 332 g/mol. The molecule has 1 heterocycles. The van der Waals surface area contributed by atoms with Crippen LogP contribution in [0.3, 0.4) is 0 Å². The zero-order valence-corrected chi connectivity index (χ0v) is 13.0. The van der Waals surface area contributed by atoms with Crippen molar-refractivity contribution in [3.05, 3.63) is 33.8 Å². The van der Waals surface area contributed by atoms with E-state index in [2.05, 4.69) is 28.2 Å². The Morgan fingerprint density at radius 3 is 2.78 bits per heavy atom. The molecular weight excluding hydrogens is 316 g/mol. The first-order chi connectivity index (χ1) is 8.06. The second-order valence-electron chi connectivity index (χ2n) is 4.62. The number of aryl methyl sites for hydroxylation is 1. The zero-order chi connectivity index (χ0) is 12.4. The summed E-state index contributed by atoms with van der Waals surface area (Å²) in [4.78, 5) is 14.2. The van der Waals surface area contributed by atoms with Crippen molar-refractivity contribution in [1.29, 1.82) is 0 Å². The van der Waals surface area contributed by atoms with E-state index in [-0.39, 0.29) is 18.3 Å². The van der Waals surface area contributed by atoms with E-state index in [9.17, 15) is 4.79 Å². The Labute approximate surface area is 122 Å². The number of hydrogen-bond acceptors (Lipinski definition) is 2. The predicted molar refractivity (Wildman–Crippen MR) is 79.5 cm³/mol. The molecular formula is C13H18BrClN2O. The lowest BCUT2D eigenvalue weighted by atomic mass is 10.1. The van der Waals surface area contributed by atoms with Crippen LogP contribution in [0.15, 0.2) is 22.7 Å². The van der Waals surface area contributed by atoms with Gasteiger partial charge in [-0.15, -0.1) is 12.4 Å². The molecule has 1 amide bonds. The van der Waals surface area contributed by atoms with Crippen LogP contribution in [0.1, 0.15) is 22.8 Å². The third-order valence-corrected chi connectivity index (χ3v) is 3.40. The number of hydrogen-bond donors (Lipinski definition) is 1. The number of carbonyl (C=O) groups is 1. The van der Waals surface area contributed by atoms with Crippen LogP contribution in [-0.4, -0.2) is 36.5 Å². The highest BCUT2D eigenvalue weighted by atomic mass is 79.9. The standard InChI is InChI=1S/C13H17BrN2O.ClH/c1-9-5-11(7-12(14)6-9)13(17)16-4-3-15-10(2)8-16;/h5-7,10,15H,3-4,8H2,1-2H3;1H. The SMILES string of the molecule is Cc1cc(Br)cc(C(=O)N2CCNC(C)C2)c1.Cl. The van der Waals surface area contributed by atoms with Crippen molar-refractivity contribution in [1.82, 2.24) is 10.2 Å². The van der Waals surface area contributed by atoms with Gasteiger partial charge < -0.3 is 10.2 Å². The van der Waals surface area contributed by atoms with Crippen LogP contribution in [0.25, 0.3) is 0 Å². The summed E-state index contributed by atoms with van der Waals surface area (Å²) in [5.74, 6) is 0.128. The summed E-state index contributed by atoms with van der Waals surface area (Å²) < 4.78 is 0.962. The Kier molecular flexibility index (Phi) is 5.63. The molecule has 1 atom stereocenters. The summed E-state index contributed by atoms with van der Waals surface area (Å²) in [6.45, 7) is 6.55. The molecule has 1 aromatic carbocycles. The van der Waals surface area contributed by atoms with E-state index in [1.807, 2.05) is 30.0 Å². The van der Waals surface area contributed by atoms with E-state index in [0.29, 0.717) is 6.04 Å². The first-order valence-electron chi connectivity index (χ1n) is 5.86. The van der Waals surface area contributed by atoms with Crippen LogP contribution in [0, 0.1) is 6.92 Å². The summed E-state index contributed by atoms with van der Waals surface area (Å²) >= 11 is 3.43. The molecule has 1 N–H and O–H groups in total. The fourth-order valence-electron chi connectivity index (χ4n) is 2.16. The van der Waals surface area contributed by atoms with E-state index >= 15 is 0 Å². The molecule has 1 unspecified atom stereocenters. The lowest BCUT2D eigenvalue weighted by Crippen LogP contribution is -2.51. The van der Waals surface area contributed by atoms with Crippen molar-refractivity contribution in [2.45, 2.75) is 19.9 Å². The van der Waals surface area contributed by atoms with E-state index in [0.717, 1.165) is 35.2 Å². The molecule has 0 spiro atoms. The van der Waals surface area contributed by atoms with Crippen LogP contribution >= 0.6 is 28.3 Å². The summed E-state index contributed by atoms with van der Waals surface area (Å²) in [5.41, 5.74) is 1.87. The van der Waals surface area contributed by atoms with Crippen molar-refractivity contribution in [2.24, 2.45) is 0 Å². The molecule has 0 aromatic heterocycles. The molecule has 1 fully saturated rings. The Morgan fingerprint density at radius 1 is 1.44 bits per heavy atom. The normalized spacial score (nSPS) is 19.3. The third-order valence-electron chi connectivity index (χ3n) is 2.95. The highest BCUT2D eigenvalue weighted by Gasteiger charge is 2.21. The van der Waals surface area contributed by atoms with E-state index in [1.54, 1.807) is 0 Å². The molecule has 0 radical (unpaired) electrons. The van der Waals surface area contributed by atoms with Gasteiger partial charge in [-0.1, -0.05) is 15.9 Å². The molecule has 0 bridgehead atoms. The van der Waals surface area contributed by atoms with Gasteiger partial charge in [0.05, 0.1) is 0 Å². The Hall–Kier alpha value is -0.580. The van der Waals surface area contributed by atoms with Crippen molar-refractivity contribution >= 4 is 34.2 Å². The van der Waals surface area contributed by atoms with Crippen molar-refractivity contribution in [3.8, 4) is 0 Å². The number of carbonyl (C=O) groups excluding carboxylic acids is 1. The maximum atomic E-state index is 12.3. The van der Waals surface area contributed by atoms with E-state index in [4.69, 9.17) is 0 Å². The fourth-order valence-corrected chi connectivity index (χ4v) is 2.77. The lowest BCUT2D eigenvalue weighted by molar-refractivity contribution is 0.0709. The van der Waals surface area contributed by atoms with Gasteiger partial charge in [0.25, 0.3) is 5.91 Å². The maximum Gasteiger partial charge on any atom is 0.253 e. The van der Waals surface area contributed by atoms with Gasteiger partial charge in [-0.25, -0.2) is 0 Å². The highest BCUT2D eigenvalue weighted by Crippen LogP contribution is 2.17. The summed E-state index contributed by atoms with van der Waals surface area (Å²) in [5, 5.41) is 3.34. The number of nitrogens with zero attached hydrogens (tertiary/aromatic N) is 1. The van der Waals surface area contributed by atoms with Gasteiger partial charge in [-0.05, 0) is 37.6 Å². The number of halogens is 2. The van der Waals surface area contributed by atoms with E-state index < -0.39 is 0 Å². The minimum absolute atomic E-state index is 0. The van der Waals surface area contributed by atoms with Gasteiger partial charge in [0, 0.05) is 35.7 Å². The fraction of sp³-hybridized carbons (Fsp3) is 0.462. The molecule has 2 rings (SSSR count). The molecule has 1 aliphatic heterocycles. The number of piperazine rings is 1. The molecule has 3 nitrogen and oxygen atoms in total. The Bertz CT molecular complexity index is 419. The summed E-state index contributed by atoms with van der Waals surface area (Å²) in [7, 11) is 0. The molecule has 1 saturated heterocycles. The maximum absolute atomic E-state index is 12.3. The van der Waals surface area contributed by atoms with Crippen LogP contribution < -0.4 is 5.32 Å². The average Bonchev–Trinajstić information content (AvgIpc) is 2.26. The molecule has 0 saturated carbocycles. The smallest absolute Gasteiger partial charge is 0.253 e. The van der Waals surface area contributed by atoms with Gasteiger partial charge in [-0.3, -0.25) is 4.79 Å². The Balaban J connectivity index is 0.00000162. The third kappa shape index (κ3) is 3.70. The Morgan fingerprint density at radius 2 is 2.17 bits per heavy atom. The van der Waals surface area contributed by atoms with Gasteiger partial charge in [0.15, 0.2) is 0 Å². The minimum Gasteiger partial charge on any atom is -0.336 e. The van der Waals surface area contributed by atoms with Gasteiger partial charge >= 0.3 is 0 Å². The number of benzene rings is 1. The largest absolute Gasteiger partial charge is 0.336 e. The first-order valence-corrected chi connectivity index (χ1v) is 6.65. The van der Waals surface area contributed by atoms with Crippen LogP contribution in [0.4, 0.5) is 0 Å². The highest BCUT2D eigenvalue weighted by molar-refractivity contribution is 9.10. The lowest BCUT2D eigenvalue weighted by Gasteiger charge is -2.32.